The minimum Gasteiger partial charge on any atom is -0.495 e. The highest BCUT2D eigenvalue weighted by atomic mass is 35.5. The molecular formula is C41H58ClN3O11S2. The maximum atomic E-state index is 14.2. The monoisotopic (exact) mass is 867 g/mol. The lowest BCUT2D eigenvalue weighted by atomic mass is 9.82. The van der Waals surface area contributed by atoms with Crippen LogP contribution < -0.4 is 15.0 Å². The van der Waals surface area contributed by atoms with E-state index in [-0.39, 0.29) is 54.2 Å². The zero-order valence-corrected chi connectivity index (χ0v) is 37.2. The van der Waals surface area contributed by atoms with Gasteiger partial charge in [-0.1, -0.05) is 63.9 Å². The van der Waals surface area contributed by atoms with Gasteiger partial charge in [-0.15, -0.1) is 0 Å². The fourth-order valence-electron chi connectivity index (χ4n) is 7.10. The number of nitrogens with zero attached hydrogens (tertiary/aromatic N) is 2. The summed E-state index contributed by atoms with van der Waals surface area (Å²) in [5.41, 5.74) is -0.613. The van der Waals surface area contributed by atoms with Crippen molar-refractivity contribution < 1.29 is 52.8 Å². The number of benzene rings is 1. The van der Waals surface area contributed by atoms with Crippen LogP contribution >= 0.6 is 33.2 Å². The van der Waals surface area contributed by atoms with Gasteiger partial charge in [-0.3, -0.25) is 19.2 Å². The van der Waals surface area contributed by atoms with Crippen molar-refractivity contribution in [1.29, 1.82) is 0 Å². The summed E-state index contributed by atoms with van der Waals surface area (Å²) in [7, 11) is 10.8. The molecule has 2 N–H and O–H groups in total. The molecule has 58 heavy (non-hydrogen) atoms. The number of epoxide rings is 1. The van der Waals surface area contributed by atoms with E-state index in [2.05, 4.69) is 5.32 Å². The Hall–Kier alpha value is -3.28. The number of likely N-dealkylation sites (N-methyl/N-ethyl adjacent to an activating group) is 1. The number of amides is 3. The van der Waals surface area contributed by atoms with E-state index < -0.39 is 59.5 Å². The highest BCUT2D eigenvalue weighted by molar-refractivity contribution is 8.76. The number of anilines is 1. The topological polar surface area (TPSA) is 174 Å². The van der Waals surface area contributed by atoms with Gasteiger partial charge in [0.05, 0.1) is 31.7 Å². The van der Waals surface area contributed by atoms with E-state index in [4.69, 9.17) is 35.3 Å². The summed E-state index contributed by atoms with van der Waals surface area (Å²) < 4.78 is 29.2. The second-order valence-corrected chi connectivity index (χ2v) is 18.7. The fourth-order valence-corrected chi connectivity index (χ4v) is 9.74. The van der Waals surface area contributed by atoms with Crippen LogP contribution in [0.3, 0.4) is 0 Å². The summed E-state index contributed by atoms with van der Waals surface area (Å²) in [6.45, 7) is 7.24. The van der Waals surface area contributed by atoms with Gasteiger partial charge in [0.15, 0.2) is 0 Å². The molecule has 0 aliphatic carbocycles. The van der Waals surface area contributed by atoms with E-state index in [1.807, 2.05) is 19.9 Å². The van der Waals surface area contributed by atoms with E-state index in [0.29, 0.717) is 36.5 Å². The van der Waals surface area contributed by atoms with E-state index in [0.717, 1.165) is 11.1 Å². The molecule has 14 nitrogen and oxygen atoms in total. The molecular weight excluding hydrogens is 810 g/mol. The molecule has 4 bridgehead atoms. The molecule has 17 heteroatoms. The Morgan fingerprint density at radius 1 is 1.19 bits per heavy atom. The van der Waals surface area contributed by atoms with Crippen molar-refractivity contribution in [1.82, 2.24) is 10.2 Å². The third kappa shape index (κ3) is 12.2. The molecule has 4 rings (SSSR count). The number of nitrogens with one attached hydrogen (secondary N) is 1. The smallest absolute Gasteiger partial charge is 0.328 e. The summed E-state index contributed by atoms with van der Waals surface area (Å²) in [4.78, 5) is 68.3. The van der Waals surface area contributed by atoms with E-state index in [1.165, 1.54) is 41.9 Å². The summed E-state index contributed by atoms with van der Waals surface area (Å²) in [5, 5.41) is 14.8. The molecule has 1 aromatic carbocycles. The number of fused-ring (bicyclic) bond motifs is 5. The summed E-state index contributed by atoms with van der Waals surface area (Å²) in [6.07, 6.45) is 3.44. The van der Waals surface area contributed by atoms with Crippen molar-refractivity contribution in [2.45, 2.75) is 126 Å². The molecule has 1 unspecified atom stereocenters. The average molecular weight is 869 g/mol. The van der Waals surface area contributed by atoms with Crippen LogP contribution in [0.5, 0.6) is 5.75 Å². The molecule has 2 saturated heterocycles. The Bertz CT molecular complexity index is 1750. The first kappa shape index (κ1) is 47.4. The molecule has 3 amide bonds. The number of carbonyl (C=O) groups is 5. The summed E-state index contributed by atoms with van der Waals surface area (Å²) in [5.74, 6) is -1.15. The van der Waals surface area contributed by atoms with Gasteiger partial charge in [0.1, 0.15) is 46.3 Å². The Labute approximate surface area is 354 Å². The van der Waals surface area contributed by atoms with Crippen LogP contribution in [0.25, 0.3) is 0 Å². The molecule has 3 aliphatic heterocycles. The minimum absolute atomic E-state index is 0.0165. The molecule has 8 atom stereocenters. The molecule has 0 saturated carbocycles. The van der Waals surface area contributed by atoms with Gasteiger partial charge >= 0.3 is 11.9 Å². The largest absolute Gasteiger partial charge is 0.495 e. The molecule has 0 aromatic heterocycles. The van der Waals surface area contributed by atoms with Crippen LogP contribution in [-0.4, -0.2) is 128 Å². The van der Waals surface area contributed by atoms with E-state index in [1.54, 1.807) is 63.0 Å². The zero-order valence-electron chi connectivity index (χ0n) is 34.8. The van der Waals surface area contributed by atoms with Gasteiger partial charge in [-0.25, -0.2) is 4.79 Å². The highest BCUT2D eigenvalue weighted by Gasteiger charge is 2.61. The lowest BCUT2D eigenvalue weighted by molar-refractivity contribution is -0.182. The third-order valence-corrected chi connectivity index (χ3v) is 14.4. The minimum atomic E-state index is -1.57. The van der Waals surface area contributed by atoms with Crippen LogP contribution in [-0.2, 0) is 49.3 Å². The number of methoxy groups -OCH3 is 2. The molecule has 0 spiro atoms. The van der Waals surface area contributed by atoms with Crippen molar-refractivity contribution in [3.8, 4) is 5.75 Å². The second kappa shape index (κ2) is 20.8. The van der Waals surface area contributed by atoms with Gasteiger partial charge in [-0.2, -0.15) is 0 Å². The molecule has 0 radical (unpaired) electrons. The van der Waals surface area contributed by atoms with Crippen LogP contribution in [0.2, 0.25) is 5.02 Å². The number of aliphatic hydroxyl groups is 1. The van der Waals surface area contributed by atoms with Crippen molar-refractivity contribution >= 4 is 68.5 Å². The fraction of sp³-hybridized carbons (Fsp3) is 0.634. The molecule has 2 fully saturated rings. The predicted molar refractivity (Wildman–Crippen MR) is 225 cm³/mol. The highest BCUT2D eigenvalue weighted by Crippen LogP contribution is 2.47. The molecule has 1 aromatic rings. The predicted octanol–water partition coefficient (Wildman–Crippen LogP) is 5.20. The second-order valence-electron chi connectivity index (χ2n) is 15.4. The Morgan fingerprint density at radius 3 is 2.59 bits per heavy atom. The molecule has 3 aliphatic rings. The van der Waals surface area contributed by atoms with Crippen molar-refractivity contribution in [3.05, 3.63) is 46.5 Å². The summed E-state index contributed by atoms with van der Waals surface area (Å²) in [6, 6.07) is 2.60. The van der Waals surface area contributed by atoms with Gasteiger partial charge in [0.2, 0.25) is 17.7 Å². The van der Waals surface area contributed by atoms with Gasteiger partial charge in [-0.05, 0) is 51.3 Å². The number of ether oxygens (including phenoxy) is 5. The maximum Gasteiger partial charge on any atom is 0.328 e. The Morgan fingerprint density at radius 2 is 1.91 bits per heavy atom. The molecule has 3 heterocycles. The first-order valence-corrected chi connectivity index (χ1v) is 22.2. The summed E-state index contributed by atoms with van der Waals surface area (Å²) >= 11 is 6.77. The van der Waals surface area contributed by atoms with E-state index in [9.17, 15) is 29.1 Å². The number of esters is 2. The van der Waals surface area contributed by atoms with Crippen molar-refractivity contribution in [2.24, 2.45) is 0 Å². The lowest BCUT2D eigenvalue weighted by Gasteiger charge is -2.39. The number of hydrogen-bond donors (Lipinski definition) is 2. The SMILES string of the molecule is CNC(=O)CCC(C)SSCCC(=O)N(C)[C@H](C)C(=O)O[C@@H]1CC(=O)N(C)c2cc(cc(OC)c2Cl)C/C(C)=C/C=C/[C@H](OC)[C@@]2(O)CC(=O)O[C@@H](C[C@H]3O[C@]13C)C2. The van der Waals surface area contributed by atoms with Crippen LogP contribution in [0, 0.1) is 0 Å². The van der Waals surface area contributed by atoms with Crippen molar-refractivity contribution in [2.75, 3.05) is 46.0 Å². The Balaban J connectivity index is 1.58. The van der Waals surface area contributed by atoms with E-state index >= 15 is 0 Å². The van der Waals surface area contributed by atoms with Crippen LogP contribution in [0.1, 0.15) is 78.2 Å². The zero-order chi connectivity index (χ0) is 42.9. The standard InChI is InChI=1S/C41H58ClN3O11S2/c1-24-11-10-12-31(53-9)41(51)22-28(54-37(49)23-41)20-33-40(4,56-33)32(21-36(48)45(7)29-18-27(17-24)19-30(52-8)38(29)42)55-39(50)26(3)44(6)35(47)15-16-57-58-25(2)13-14-34(46)43-5/h10-12,18-19,25-26,28,31-33,51H,13-17,20-23H2,1-9H3,(H,43,46)/b12-10+,24-11+/t25?,26-,28+,31+,32-,33-,40-,41+/m1/s1. The van der Waals surface area contributed by atoms with Gasteiger partial charge < -0.3 is 43.9 Å². The average Bonchev–Trinajstić information content (AvgIpc) is 3.84. The molecule has 322 valence electrons. The maximum absolute atomic E-state index is 14.2. The van der Waals surface area contributed by atoms with Crippen LogP contribution in [0.15, 0.2) is 35.9 Å². The first-order chi connectivity index (χ1) is 27.3. The first-order valence-electron chi connectivity index (χ1n) is 19.4. The number of carbonyl (C=O) groups excluding carboxylic acids is 5. The number of allylic oxidation sites excluding steroid dienone is 3. The number of rotatable bonds is 13. The van der Waals surface area contributed by atoms with Gasteiger partial charge in [0, 0.05) is 64.9 Å². The lowest BCUT2D eigenvalue weighted by Crippen LogP contribution is -2.52. The normalized spacial score (nSPS) is 28.8. The Kier molecular flexibility index (Phi) is 17.0. The number of halogens is 1. The quantitative estimate of drug-likeness (QED) is 0.115. The van der Waals surface area contributed by atoms with Crippen molar-refractivity contribution in [3.63, 3.8) is 0 Å². The van der Waals surface area contributed by atoms with Crippen LogP contribution in [0.4, 0.5) is 5.69 Å². The van der Waals surface area contributed by atoms with Gasteiger partial charge in [0.25, 0.3) is 0 Å². The number of hydrogen-bond acceptors (Lipinski definition) is 13. The third-order valence-electron chi connectivity index (χ3n) is 11.0.